The van der Waals surface area contributed by atoms with Crippen LogP contribution in [0.4, 0.5) is 0 Å². The average molecular weight is 386 g/mol. The summed E-state index contributed by atoms with van der Waals surface area (Å²) in [5.41, 5.74) is -0.0672. The Hall–Kier alpha value is -1.03. The van der Waals surface area contributed by atoms with Gasteiger partial charge in [-0.25, -0.2) is 13.4 Å². The lowest BCUT2D eigenvalue weighted by molar-refractivity contribution is -0.130. The molecule has 138 valence electrons. The van der Waals surface area contributed by atoms with Crippen molar-refractivity contribution in [3.8, 4) is 0 Å². The van der Waals surface area contributed by atoms with Crippen molar-refractivity contribution in [3.05, 3.63) is 16.6 Å². The van der Waals surface area contributed by atoms with Crippen molar-refractivity contribution in [2.75, 3.05) is 37.8 Å². The van der Waals surface area contributed by atoms with E-state index < -0.39 is 9.84 Å². The van der Waals surface area contributed by atoms with Crippen molar-refractivity contribution in [2.24, 2.45) is 11.3 Å². The van der Waals surface area contributed by atoms with Crippen molar-refractivity contribution in [1.29, 1.82) is 0 Å². The minimum atomic E-state index is -2.93. The first-order valence-electron chi connectivity index (χ1n) is 8.65. The number of aromatic nitrogens is 1. The molecule has 3 saturated heterocycles. The van der Waals surface area contributed by atoms with Gasteiger partial charge < -0.3 is 10.1 Å². The molecule has 7 nitrogen and oxygen atoms in total. The molecule has 1 amide bonds. The molecule has 1 unspecified atom stereocenters. The summed E-state index contributed by atoms with van der Waals surface area (Å²) in [6.07, 6.45) is 3.56. The summed E-state index contributed by atoms with van der Waals surface area (Å²) < 4.78 is 28.2. The zero-order chi connectivity index (χ0) is 17.5. The molecule has 25 heavy (non-hydrogen) atoms. The molecule has 3 fully saturated rings. The van der Waals surface area contributed by atoms with Gasteiger partial charge in [-0.3, -0.25) is 9.69 Å². The van der Waals surface area contributed by atoms with Crippen molar-refractivity contribution < 1.29 is 17.9 Å². The maximum atomic E-state index is 12.9. The predicted molar refractivity (Wildman–Crippen MR) is 94.0 cm³/mol. The van der Waals surface area contributed by atoms with E-state index in [1.165, 1.54) is 0 Å². The first kappa shape index (κ1) is 17.4. The highest BCUT2D eigenvalue weighted by Crippen LogP contribution is 2.45. The van der Waals surface area contributed by atoms with E-state index in [2.05, 4.69) is 15.2 Å². The minimum absolute atomic E-state index is 0.00318. The van der Waals surface area contributed by atoms with Crippen LogP contribution in [0.25, 0.3) is 0 Å². The van der Waals surface area contributed by atoms with E-state index in [-0.39, 0.29) is 34.8 Å². The first-order valence-corrected chi connectivity index (χ1v) is 11.4. The third-order valence-corrected chi connectivity index (χ3v) is 8.21. The number of nitrogens with zero attached hydrogens (tertiary/aromatic N) is 2. The molecular formula is C16H23N3O4S2. The van der Waals surface area contributed by atoms with Crippen LogP contribution < -0.4 is 5.32 Å². The van der Waals surface area contributed by atoms with Crippen LogP contribution >= 0.6 is 11.3 Å². The minimum Gasteiger partial charge on any atom is -0.381 e. The van der Waals surface area contributed by atoms with Gasteiger partial charge in [0.25, 0.3) is 0 Å². The number of sulfone groups is 1. The number of ether oxygens (including phenoxy) is 1. The van der Waals surface area contributed by atoms with E-state index in [9.17, 15) is 13.2 Å². The fraction of sp³-hybridized carbons (Fsp3) is 0.750. The van der Waals surface area contributed by atoms with Crippen LogP contribution in [0.2, 0.25) is 0 Å². The summed E-state index contributed by atoms with van der Waals surface area (Å²) in [5.74, 6) is 0.0394. The topological polar surface area (TPSA) is 88.6 Å². The van der Waals surface area contributed by atoms with Crippen LogP contribution in [0.1, 0.15) is 17.8 Å². The molecule has 0 radical (unpaired) electrons. The second-order valence-corrected chi connectivity index (χ2v) is 10.5. The first-order chi connectivity index (χ1) is 12.0. The monoisotopic (exact) mass is 385 g/mol. The highest BCUT2D eigenvalue weighted by Gasteiger charge is 2.51. The normalized spacial score (nSPS) is 28.7. The van der Waals surface area contributed by atoms with Crippen molar-refractivity contribution in [2.45, 2.75) is 25.4 Å². The number of carbonyl (C=O) groups is 1. The summed E-state index contributed by atoms with van der Waals surface area (Å²) in [7, 11) is -2.93. The van der Waals surface area contributed by atoms with E-state index in [0.717, 1.165) is 30.9 Å². The number of rotatable bonds is 4. The molecule has 0 aromatic carbocycles. The third-order valence-electron chi connectivity index (χ3n) is 5.62. The van der Waals surface area contributed by atoms with Gasteiger partial charge in [0, 0.05) is 43.3 Å². The SMILES string of the molecule is O=C(NC1CS(=O)(=O)C1)C1CN(Cc2nccs2)CC12CCOCC2. The Morgan fingerprint density at radius 3 is 2.80 bits per heavy atom. The van der Waals surface area contributed by atoms with Gasteiger partial charge in [0.15, 0.2) is 9.84 Å². The number of nitrogens with one attached hydrogen (secondary N) is 1. The van der Waals surface area contributed by atoms with Gasteiger partial charge in [0.1, 0.15) is 5.01 Å². The Kier molecular flexibility index (Phi) is 4.59. The van der Waals surface area contributed by atoms with Gasteiger partial charge in [0.2, 0.25) is 5.91 Å². The quantitative estimate of drug-likeness (QED) is 0.801. The molecule has 3 aliphatic rings. The average Bonchev–Trinajstić information content (AvgIpc) is 3.15. The largest absolute Gasteiger partial charge is 0.381 e. The van der Waals surface area contributed by atoms with Crippen LogP contribution in [-0.2, 0) is 25.9 Å². The molecule has 1 spiro atoms. The summed E-state index contributed by atoms with van der Waals surface area (Å²) in [5, 5.41) is 6.00. The van der Waals surface area contributed by atoms with Gasteiger partial charge in [0.05, 0.1) is 30.0 Å². The van der Waals surface area contributed by atoms with E-state index in [1.54, 1.807) is 11.3 Å². The van der Waals surface area contributed by atoms with Crippen LogP contribution in [0.3, 0.4) is 0 Å². The molecule has 1 atom stereocenters. The van der Waals surface area contributed by atoms with Crippen LogP contribution in [-0.4, -0.2) is 68.1 Å². The number of thiazole rings is 1. The molecule has 3 aliphatic heterocycles. The van der Waals surface area contributed by atoms with Crippen molar-refractivity contribution in [3.63, 3.8) is 0 Å². The standard InChI is InChI=1S/C16H23N3O4S2/c20-15(18-12-9-25(21,22)10-12)13-7-19(8-14-17-3-6-24-14)11-16(13)1-4-23-5-2-16/h3,6,12-13H,1-2,4-5,7-11H2,(H,18,20). The third kappa shape index (κ3) is 3.60. The van der Waals surface area contributed by atoms with Crippen molar-refractivity contribution >= 4 is 27.1 Å². The van der Waals surface area contributed by atoms with E-state index in [4.69, 9.17) is 4.74 Å². The number of hydrogen-bond donors (Lipinski definition) is 1. The zero-order valence-electron chi connectivity index (χ0n) is 14.0. The number of hydrogen-bond acceptors (Lipinski definition) is 7. The molecule has 4 rings (SSSR count). The van der Waals surface area contributed by atoms with E-state index >= 15 is 0 Å². The van der Waals surface area contributed by atoms with Gasteiger partial charge in [-0.2, -0.15) is 0 Å². The maximum Gasteiger partial charge on any atom is 0.225 e. The zero-order valence-corrected chi connectivity index (χ0v) is 15.7. The highest BCUT2D eigenvalue weighted by molar-refractivity contribution is 7.92. The molecule has 9 heteroatoms. The number of likely N-dealkylation sites (tertiary alicyclic amines) is 1. The summed E-state index contributed by atoms with van der Waals surface area (Å²) in [4.78, 5) is 19.6. The summed E-state index contributed by atoms with van der Waals surface area (Å²) in [6.45, 7) is 3.71. The Morgan fingerprint density at radius 2 is 2.16 bits per heavy atom. The second-order valence-electron chi connectivity index (χ2n) is 7.41. The predicted octanol–water partition coefficient (Wildman–Crippen LogP) is 0.285. The van der Waals surface area contributed by atoms with Crippen LogP contribution in [0.5, 0.6) is 0 Å². The van der Waals surface area contributed by atoms with E-state index in [0.29, 0.717) is 19.8 Å². The lowest BCUT2D eigenvalue weighted by atomic mass is 9.71. The van der Waals surface area contributed by atoms with Crippen LogP contribution in [0.15, 0.2) is 11.6 Å². The Balaban J connectivity index is 1.46. The van der Waals surface area contributed by atoms with Gasteiger partial charge >= 0.3 is 0 Å². The summed E-state index contributed by atoms with van der Waals surface area (Å²) in [6, 6.07) is -0.220. The van der Waals surface area contributed by atoms with Crippen LogP contribution in [0, 0.1) is 11.3 Å². The summed E-state index contributed by atoms with van der Waals surface area (Å²) >= 11 is 1.63. The Labute approximate surface area is 151 Å². The lowest BCUT2D eigenvalue weighted by Gasteiger charge is -2.38. The molecule has 0 aliphatic carbocycles. The van der Waals surface area contributed by atoms with Gasteiger partial charge in [-0.15, -0.1) is 11.3 Å². The molecule has 4 heterocycles. The van der Waals surface area contributed by atoms with Gasteiger partial charge in [-0.1, -0.05) is 0 Å². The molecular weight excluding hydrogens is 362 g/mol. The molecule has 1 N–H and O–H groups in total. The molecule has 1 aromatic heterocycles. The fourth-order valence-corrected chi connectivity index (χ4v) is 6.26. The highest BCUT2D eigenvalue weighted by atomic mass is 32.2. The van der Waals surface area contributed by atoms with Crippen molar-refractivity contribution in [1.82, 2.24) is 15.2 Å². The maximum absolute atomic E-state index is 12.9. The Bertz CT molecular complexity index is 717. The fourth-order valence-electron chi connectivity index (χ4n) is 4.31. The van der Waals surface area contributed by atoms with Gasteiger partial charge in [-0.05, 0) is 12.8 Å². The lowest BCUT2D eigenvalue weighted by Crippen LogP contribution is -2.56. The number of amides is 1. The smallest absolute Gasteiger partial charge is 0.225 e. The molecule has 0 bridgehead atoms. The second kappa shape index (κ2) is 6.61. The number of carbonyl (C=O) groups excluding carboxylic acids is 1. The Morgan fingerprint density at radius 1 is 1.40 bits per heavy atom. The molecule has 0 saturated carbocycles. The van der Waals surface area contributed by atoms with E-state index in [1.807, 2.05) is 11.6 Å². The molecule has 1 aromatic rings.